The van der Waals surface area contributed by atoms with Crippen molar-refractivity contribution in [3.05, 3.63) is 64.0 Å². The molecule has 25 heavy (non-hydrogen) atoms. The molecular formula is C18H19FN4O2. The number of aromatic nitrogens is 3. The molecule has 6 nitrogen and oxygen atoms in total. The van der Waals surface area contributed by atoms with E-state index in [4.69, 9.17) is 0 Å². The molecule has 0 aliphatic carbocycles. The molecule has 2 aromatic heterocycles. The number of pyridine rings is 1. The van der Waals surface area contributed by atoms with Gasteiger partial charge in [-0.15, -0.1) is 0 Å². The van der Waals surface area contributed by atoms with Crippen LogP contribution in [0, 0.1) is 12.7 Å². The van der Waals surface area contributed by atoms with Gasteiger partial charge in [0.25, 0.3) is 5.56 Å². The van der Waals surface area contributed by atoms with Gasteiger partial charge in [0.15, 0.2) is 0 Å². The average molecular weight is 342 g/mol. The van der Waals surface area contributed by atoms with Crippen LogP contribution < -0.4 is 10.9 Å². The summed E-state index contributed by atoms with van der Waals surface area (Å²) in [6, 6.07) is 7.30. The van der Waals surface area contributed by atoms with Crippen molar-refractivity contribution in [2.75, 3.05) is 0 Å². The van der Waals surface area contributed by atoms with Crippen LogP contribution in [-0.2, 0) is 18.4 Å². The van der Waals surface area contributed by atoms with E-state index in [-0.39, 0.29) is 23.8 Å². The predicted molar refractivity (Wildman–Crippen MR) is 92.7 cm³/mol. The number of aryl methyl sites for hydroxylation is 2. The number of nitrogens with one attached hydrogen (secondary N) is 1. The fraction of sp³-hybridized carbons (Fsp3) is 0.278. The summed E-state index contributed by atoms with van der Waals surface area (Å²) in [5.41, 5.74) is 1.33. The van der Waals surface area contributed by atoms with E-state index in [9.17, 15) is 14.0 Å². The Bertz CT molecular complexity index is 1010. The molecule has 2 heterocycles. The zero-order chi connectivity index (χ0) is 18.1. The second-order valence-corrected chi connectivity index (χ2v) is 5.98. The first kappa shape index (κ1) is 16.9. The van der Waals surface area contributed by atoms with Crippen LogP contribution in [0.5, 0.6) is 0 Å². The zero-order valence-corrected chi connectivity index (χ0v) is 14.3. The molecule has 1 unspecified atom stereocenters. The van der Waals surface area contributed by atoms with Crippen molar-refractivity contribution in [3.63, 3.8) is 0 Å². The molecule has 0 aliphatic rings. The Labute approximate surface area is 143 Å². The third-order valence-electron chi connectivity index (χ3n) is 4.32. The van der Waals surface area contributed by atoms with E-state index < -0.39 is 6.04 Å². The van der Waals surface area contributed by atoms with Gasteiger partial charge in [0.1, 0.15) is 17.4 Å². The van der Waals surface area contributed by atoms with Crippen molar-refractivity contribution in [2.45, 2.75) is 26.4 Å². The summed E-state index contributed by atoms with van der Waals surface area (Å²) in [5.74, 6) is -0.733. The second kappa shape index (κ2) is 6.51. The van der Waals surface area contributed by atoms with Crippen molar-refractivity contribution in [1.29, 1.82) is 0 Å². The minimum Gasteiger partial charge on any atom is -0.350 e. The van der Waals surface area contributed by atoms with Crippen LogP contribution in [0.1, 0.15) is 24.2 Å². The summed E-state index contributed by atoms with van der Waals surface area (Å²) in [7, 11) is 1.70. The zero-order valence-electron chi connectivity index (χ0n) is 14.3. The molecule has 0 saturated heterocycles. The first-order valence-electron chi connectivity index (χ1n) is 7.95. The van der Waals surface area contributed by atoms with E-state index in [0.29, 0.717) is 11.1 Å². The average Bonchev–Trinajstić information content (AvgIpc) is 2.88. The summed E-state index contributed by atoms with van der Waals surface area (Å²) in [6.45, 7) is 3.53. The van der Waals surface area contributed by atoms with Crippen LogP contribution >= 0.6 is 0 Å². The van der Waals surface area contributed by atoms with E-state index >= 15 is 0 Å². The fourth-order valence-electron chi connectivity index (χ4n) is 2.88. The molecule has 130 valence electrons. The van der Waals surface area contributed by atoms with Crippen molar-refractivity contribution >= 4 is 16.8 Å². The van der Waals surface area contributed by atoms with Gasteiger partial charge in [0, 0.05) is 30.7 Å². The molecule has 1 atom stereocenters. The number of nitrogens with zero attached hydrogens (tertiary/aromatic N) is 3. The van der Waals surface area contributed by atoms with Gasteiger partial charge in [0.05, 0.1) is 5.69 Å². The van der Waals surface area contributed by atoms with Crippen LogP contribution in [0.25, 0.3) is 10.9 Å². The SMILES string of the molecule is Cc1nn(C)c2c(=O)n(C(C)C(=O)NCc3ccccc3F)ccc12. The number of carbonyl (C=O) groups excluding carboxylic acids is 1. The number of benzene rings is 1. The van der Waals surface area contributed by atoms with Crippen LogP contribution in [0.4, 0.5) is 4.39 Å². The number of rotatable bonds is 4. The molecule has 1 aromatic carbocycles. The summed E-state index contributed by atoms with van der Waals surface area (Å²) in [4.78, 5) is 25.1. The van der Waals surface area contributed by atoms with Crippen molar-refractivity contribution in [3.8, 4) is 0 Å². The van der Waals surface area contributed by atoms with Crippen molar-refractivity contribution in [1.82, 2.24) is 19.7 Å². The number of fused-ring (bicyclic) bond motifs is 1. The number of carbonyl (C=O) groups is 1. The first-order chi connectivity index (χ1) is 11.9. The Hall–Kier alpha value is -2.96. The van der Waals surface area contributed by atoms with Gasteiger partial charge in [-0.05, 0) is 26.0 Å². The number of halogens is 1. The maximum Gasteiger partial charge on any atom is 0.277 e. The van der Waals surface area contributed by atoms with Gasteiger partial charge in [-0.3, -0.25) is 14.3 Å². The highest BCUT2D eigenvalue weighted by Crippen LogP contribution is 2.15. The molecule has 3 aromatic rings. The molecule has 0 aliphatic heterocycles. The Kier molecular flexibility index (Phi) is 4.39. The Morgan fingerprint density at radius 2 is 2.04 bits per heavy atom. The highest BCUT2D eigenvalue weighted by molar-refractivity contribution is 5.83. The lowest BCUT2D eigenvalue weighted by Gasteiger charge is -2.15. The smallest absolute Gasteiger partial charge is 0.277 e. The largest absolute Gasteiger partial charge is 0.350 e. The van der Waals surface area contributed by atoms with Crippen LogP contribution in [0.3, 0.4) is 0 Å². The molecular weight excluding hydrogens is 323 g/mol. The van der Waals surface area contributed by atoms with Gasteiger partial charge >= 0.3 is 0 Å². The minimum atomic E-state index is -0.723. The summed E-state index contributed by atoms with van der Waals surface area (Å²) < 4.78 is 16.5. The molecule has 0 radical (unpaired) electrons. The van der Waals surface area contributed by atoms with E-state index in [2.05, 4.69) is 10.4 Å². The molecule has 0 bridgehead atoms. The number of amides is 1. The molecule has 3 rings (SSSR count). The number of hydrogen-bond acceptors (Lipinski definition) is 3. The lowest BCUT2D eigenvalue weighted by atomic mass is 10.2. The van der Waals surface area contributed by atoms with Crippen LogP contribution in [-0.4, -0.2) is 20.3 Å². The monoisotopic (exact) mass is 342 g/mol. The summed E-state index contributed by atoms with van der Waals surface area (Å²) in [5, 5.41) is 7.68. The van der Waals surface area contributed by atoms with Gasteiger partial charge < -0.3 is 9.88 Å². The molecule has 0 spiro atoms. The summed E-state index contributed by atoms with van der Waals surface area (Å²) >= 11 is 0. The molecule has 7 heteroatoms. The second-order valence-electron chi connectivity index (χ2n) is 5.98. The van der Waals surface area contributed by atoms with Gasteiger partial charge in [-0.1, -0.05) is 18.2 Å². The third-order valence-corrected chi connectivity index (χ3v) is 4.32. The molecule has 1 amide bonds. The minimum absolute atomic E-state index is 0.0671. The van der Waals surface area contributed by atoms with E-state index in [0.717, 1.165) is 11.1 Å². The maximum atomic E-state index is 13.6. The predicted octanol–water partition coefficient (Wildman–Crippen LogP) is 2.06. The first-order valence-corrected chi connectivity index (χ1v) is 7.95. The third kappa shape index (κ3) is 3.05. The number of hydrogen-bond donors (Lipinski definition) is 1. The van der Waals surface area contributed by atoms with Crippen LogP contribution in [0.15, 0.2) is 41.3 Å². The summed E-state index contributed by atoms with van der Waals surface area (Å²) in [6.07, 6.45) is 1.59. The fourth-order valence-corrected chi connectivity index (χ4v) is 2.88. The van der Waals surface area contributed by atoms with E-state index in [1.54, 1.807) is 44.4 Å². The maximum absolute atomic E-state index is 13.6. The van der Waals surface area contributed by atoms with E-state index in [1.165, 1.54) is 15.3 Å². The van der Waals surface area contributed by atoms with Gasteiger partial charge in [0.2, 0.25) is 5.91 Å². The standard InChI is InChI=1S/C18H19FN4O2/c1-11-14-8-9-23(18(25)16(14)22(3)21-11)12(2)17(24)20-10-13-6-4-5-7-15(13)19/h4-9,12H,10H2,1-3H3,(H,20,24). The van der Waals surface area contributed by atoms with Crippen molar-refractivity contribution in [2.24, 2.45) is 7.05 Å². The Morgan fingerprint density at radius 3 is 2.76 bits per heavy atom. The lowest BCUT2D eigenvalue weighted by molar-refractivity contribution is -0.124. The normalized spacial score (nSPS) is 12.3. The van der Waals surface area contributed by atoms with Gasteiger partial charge in [-0.25, -0.2) is 4.39 Å². The van der Waals surface area contributed by atoms with Gasteiger partial charge in [-0.2, -0.15) is 5.10 Å². The molecule has 0 fully saturated rings. The molecule has 0 saturated carbocycles. The quantitative estimate of drug-likeness (QED) is 0.789. The topological polar surface area (TPSA) is 68.9 Å². The highest BCUT2D eigenvalue weighted by atomic mass is 19.1. The highest BCUT2D eigenvalue weighted by Gasteiger charge is 2.19. The Morgan fingerprint density at radius 1 is 1.32 bits per heavy atom. The van der Waals surface area contributed by atoms with Crippen molar-refractivity contribution < 1.29 is 9.18 Å². The lowest BCUT2D eigenvalue weighted by Crippen LogP contribution is -2.35. The molecule has 1 N–H and O–H groups in total. The van der Waals surface area contributed by atoms with Crippen LogP contribution in [0.2, 0.25) is 0 Å². The Balaban J connectivity index is 1.84. The van der Waals surface area contributed by atoms with E-state index in [1.807, 2.05) is 6.92 Å².